The first-order chi connectivity index (χ1) is 11.0. The molecule has 124 valence electrons. The van der Waals surface area contributed by atoms with Crippen molar-refractivity contribution < 1.29 is 8.42 Å². The van der Waals surface area contributed by atoms with Gasteiger partial charge in [-0.05, 0) is 29.1 Å². The molecule has 2 aromatic rings. The number of sulfonamides is 1. The number of hydrogen-bond acceptors (Lipinski definition) is 4. The fourth-order valence-electron chi connectivity index (χ4n) is 2.56. The standard InChI is InChI=1S/C15H16Cl2N2O2S2/c16-13-4-3-12(10-14(13)17)11-18-5-7-19(8-6-18)23(20,21)15-2-1-9-22-15/h1-4,9-10H,5-8,11H2. The molecule has 1 aliphatic heterocycles. The molecule has 0 saturated carbocycles. The summed E-state index contributed by atoms with van der Waals surface area (Å²) >= 11 is 13.2. The van der Waals surface area contributed by atoms with Gasteiger partial charge in [-0.1, -0.05) is 35.3 Å². The van der Waals surface area contributed by atoms with E-state index in [1.54, 1.807) is 27.9 Å². The van der Waals surface area contributed by atoms with Gasteiger partial charge in [0.15, 0.2) is 0 Å². The predicted octanol–water partition coefficient (Wildman–Crippen LogP) is 3.56. The van der Waals surface area contributed by atoms with Gasteiger partial charge in [-0.2, -0.15) is 4.31 Å². The number of piperazine rings is 1. The second-order valence-electron chi connectivity index (χ2n) is 5.36. The number of rotatable bonds is 4. The molecule has 0 atom stereocenters. The lowest BCUT2D eigenvalue weighted by atomic mass is 10.2. The average Bonchev–Trinajstić information content (AvgIpc) is 3.07. The molecular formula is C15H16Cl2N2O2S2. The van der Waals surface area contributed by atoms with Crippen LogP contribution in [0.25, 0.3) is 0 Å². The van der Waals surface area contributed by atoms with Crippen molar-refractivity contribution in [2.75, 3.05) is 26.2 Å². The minimum absolute atomic E-state index is 0.412. The topological polar surface area (TPSA) is 40.6 Å². The lowest BCUT2D eigenvalue weighted by molar-refractivity contribution is 0.182. The van der Waals surface area contributed by atoms with Gasteiger partial charge in [0, 0.05) is 32.7 Å². The summed E-state index contributed by atoms with van der Waals surface area (Å²) in [6, 6.07) is 9.01. The smallest absolute Gasteiger partial charge is 0.252 e. The normalized spacial score (nSPS) is 17.5. The molecule has 1 aromatic carbocycles. The number of thiophene rings is 1. The van der Waals surface area contributed by atoms with Gasteiger partial charge >= 0.3 is 0 Å². The minimum atomic E-state index is -3.34. The Kier molecular flexibility index (Phi) is 5.30. The van der Waals surface area contributed by atoms with Crippen LogP contribution < -0.4 is 0 Å². The van der Waals surface area contributed by atoms with Crippen molar-refractivity contribution in [2.24, 2.45) is 0 Å². The van der Waals surface area contributed by atoms with Crippen LogP contribution in [0, 0.1) is 0 Å². The van der Waals surface area contributed by atoms with Crippen LogP contribution in [-0.2, 0) is 16.6 Å². The van der Waals surface area contributed by atoms with Crippen molar-refractivity contribution in [3.8, 4) is 0 Å². The fraction of sp³-hybridized carbons (Fsp3) is 0.333. The van der Waals surface area contributed by atoms with Gasteiger partial charge < -0.3 is 0 Å². The quantitative estimate of drug-likeness (QED) is 0.800. The summed E-state index contributed by atoms with van der Waals surface area (Å²) in [4.78, 5) is 2.22. The zero-order valence-corrected chi connectivity index (χ0v) is 15.4. The lowest BCUT2D eigenvalue weighted by Gasteiger charge is -2.33. The summed E-state index contributed by atoms with van der Waals surface area (Å²) in [6.07, 6.45) is 0. The van der Waals surface area contributed by atoms with Crippen LogP contribution in [0.5, 0.6) is 0 Å². The minimum Gasteiger partial charge on any atom is -0.296 e. The third-order valence-electron chi connectivity index (χ3n) is 3.81. The fourth-order valence-corrected chi connectivity index (χ4v) is 5.45. The molecule has 0 aliphatic carbocycles. The van der Waals surface area contributed by atoms with Crippen LogP contribution in [0.2, 0.25) is 10.0 Å². The summed E-state index contributed by atoms with van der Waals surface area (Å²) < 4.78 is 26.9. The highest BCUT2D eigenvalue weighted by Gasteiger charge is 2.29. The molecule has 0 spiro atoms. The highest BCUT2D eigenvalue weighted by atomic mass is 35.5. The molecule has 1 saturated heterocycles. The summed E-state index contributed by atoms with van der Waals surface area (Å²) in [7, 11) is -3.34. The average molecular weight is 391 g/mol. The Hall–Kier alpha value is -0.630. The SMILES string of the molecule is O=S(=O)(c1cccs1)N1CCN(Cc2ccc(Cl)c(Cl)c2)CC1. The van der Waals surface area contributed by atoms with E-state index in [4.69, 9.17) is 23.2 Å². The van der Waals surface area contributed by atoms with E-state index in [-0.39, 0.29) is 0 Å². The molecule has 0 radical (unpaired) electrons. The lowest BCUT2D eigenvalue weighted by Crippen LogP contribution is -2.48. The van der Waals surface area contributed by atoms with E-state index in [0.717, 1.165) is 12.1 Å². The van der Waals surface area contributed by atoms with E-state index >= 15 is 0 Å². The van der Waals surface area contributed by atoms with Crippen LogP contribution in [-0.4, -0.2) is 43.8 Å². The molecular weight excluding hydrogens is 375 g/mol. The first-order valence-electron chi connectivity index (χ1n) is 7.17. The molecule has 3 rings (SSSR count). The van der Waals surface area contributed by atoms with E-state index < -0.39 is 10.0 Å². The van der Waals surface area contributed by atoms with Crippen molar-refractivity contribution in [1.82, 2.24) is 9.21 Å². The molecule has 0 amide bonds. The molecule has 1 aromatic heterocycles. The van der Waals surface area contributed by atoms with Crippen LogP contribution >= 0.6 is 34.5 Å². The van der Waals surface area contributed by atoms with Gasteiger partial charge in [0.1, 0.15) is 4.21 Å². The Morgan fingerprint density at radius 2 is 1.78 bits per heavy atom. The largest absolute Gasteiger partial charge is 0.296 e. The summed E-state index contributed by atoms with van der Waals surface area (Å²) in [6.45, 7) is 3.14. The Balaban J connectivity index is 1.61. The van der Waals surface area contributed by atoms with Gasteiger partial charge in [0.25, 0.3) is 10.0 Å². The highest BCUT2D eigenvalue weighted by Crippen LogP contribution is 2.25. The van der Waals surface area contributed by atoms with Crippen molar-refractivity contribution in [1.29, 1.82) is 0 Å². The monoisotopic (exact) mass is 390 g/mol. The maximum Gasteiger partial charge on any atom is 0.252 e. The maximum atomic E-state index is 12.5. The third-order valence-corrected chi connectivity index (χ3v) is 7.82. The van der Waals surface area contributed by atoms with E-state index in [2.05, 4.69) is 4.90 Å². The van der Waals surface area contributed by atoms with Gasteiger partial charge in [-0.3, -0.25) is 4.90 Å². The van der Waals surface area contributed by atoms with Gasteiger partial charge in [0.05, 0.1) is 10.0 Å². The van der Waals surface area contributed by atoms with Crippen LogP contribution in [0.1, 0.15) is 5.56 Å². The Morgan fingerprint density at radius 3 is 2.39 bits per heavy atom. The van der Waals surface area contributed by atoms with Crippen molar-refractivity contribution in [3.05, 3.63) is 51.3 Å². The van der Waals surface area contributed by atoms with Crippen molar-refractivity contribution in [2.45, 2.75) is 10.8 Å². The summed E-state index contributed by atoms with van der Waals surface area (Å²) in [5.41, 5.74) is 1.08. The second-order valence-corrected chi connectivity index (χ2v) is 9.29. The van der Waals surface area contributed by atoms with E-state index in [9.17, 15) is 8.42 Å². The Labute approximate surface area is 150 Å². The van der Waals surface area contributed by atoms with E-state index in [0.29, 0.717) is 40.4 Å². The van der Waals surface area contributed by atoms with E-state index in [1.807, 2.05) is 12.1 Å². The number of nitrogens with zero attached hydrogens (tertiary/aromatic N) is 2. The highest BCUT2D eigenvalue weighted by molar-refractivity contribution is 7.91. The van der Waals surface area contributed by atoms with Crippen molar-refractivity contribution >= 4 is 44.6 Å². The van der Waals surface area contributed by atoms with Gasteiger partial charge in [0.2, 0.25) is 0 Å². The molecule has 1 aliphatic rings. The number of hydrogen-bond donors (Lipinski definition) is 0. The second kappa shape index (κ2) is 7.09. The number of halogens is 2. The predicted molar refractivity (Wildman–Crippen MR) is 94.8 cm³/mol. The summed E-state index contributed by atoms with van der Waals surface area (Å²) in [5, 5.41) is 2.87. The Bertz CT molecular complexity index is 771. The van der Waals surface area contributed by atoms with E-state index in [1.165, 1.54) is 11.3 Å². The molecule has 0 unspecified atom stereocenters. The Morgan fingerprint density at radius 1 is 1.04 bits per heavy atom. The van der Waals surface area contributed by atoms with Crippen molar-refractivity contribution in [3.63, 3.8) is 0 Å². The first kappa shape index (κ1) is 17.2. The zero-order chi connectivity index (χ0) is 16.4. The van der Waals surface area contributed by atoms with Gasteiger partial charge in [-0.15, -0.1) is 11.3 Å². The zero-order valence-electron chi connectivity index (χ0n) is 12.3. The molecule has 8 heteroatoms. The summed E-state index contributed by atoms with van der Waals surface area (Å²) in [5.74, 6) is 0. The molecule has 0 N–H and O–H groups in total. The molecule has 4 nitrogen and oxygen atoms in total. The van der Waals surface area contributed by atoms with Gasteiger partial charge in [-0.25, -0.2) is 8.42 Å². The molecule has 2 heterocycles. The first-order valence-corrected chi connectivity index (χ1v) is 10.2. The van der Waals surface area contributed by atoms with Crippen LogP contribution in [0.3, 0.4) is 0 Å². The maximum absolute atomic E-state index is 12.5. The van der Waals surface area contributed by atoms with Crippen LogP contribution in [0.15, 0.2) is 39.9 Å². The molecule has 1 fully saturated rings. The molecule has 0 bridgehead atoms. The molecule has 23 heavy (non-hydrogen) atoms. The third kappa shape index (κ3) is 3.90. The van der Waals surface area contributed by atoms with Crippen LogP contribution in [0.4, 0.5) is 0 Å². The number of benzene rings is 1.